The van der Waals surface area contributed by atoms with Gasteiger partial charge in [0.25, 0.3) is 0 Å². The molecule has 0 saturated carbocycles. The maximum atomic E-state index is 5.27. The Morgan fingerprint density at radius 2 is 1.80 bits per heavy atom. The number of methoxy groups -OCH3 is 1. The average Bonchev–Trinajstić information content (AvgIpc) is 2.81. The molecule has 1 aromatic carbocycles. The summed E-state index contributed by atoms with van der Waals surface area (Å²) in [6, 6.07) is 8.35. The minimum atomic E-state index is 0.588. The first-order valence-corrected chi connectivity index (χ1v) is 7.80. The number of ether oxygens (including phenoxy) is 1. The molecule has 0 bridgehead atoms. The van der Waals surface area contributed by atoms with Gasteiger partial charge in [-0.25, -0.2) is 4.98 Å². The molecule has 0 fully saturated rings. The van der Waals surface area contributed by atoms with Crippen LogP contribution in [0.2, 0.25) is 0 Å². The van der Waals surface area contributed by atoms with Crippen LogP contribution in [-0.4, -0.2) is 16.7 Å². The number of unbranched alkanes of at least 4 members (excludes halogenated alkanes) is 5. The first kappa shape index (κ1) is 15.0. The number of aryl methyl sites for hydroxylation is 1. The van der Waals surface area contributed by atoms with Crippen molar-refractivity contribution in [3.05, 3.63) is 30.1 Å². The number of benzene rings is 1. The van der Waals surface area contributed by atoms with Crippen molar-refractivity contribution in [1.82, 2.24) is 9.55 Å². The van der Waals surface area contributed by atoms with E-state index in [9.17, 15) is 0 Å². The van der Waals surface area contributed by atoms with Gasteiger partial charge in [-0.3, -0.25) is 0 Å². The molecule has 110 valence electrons. The molecular formula is C17H26N2O. The predicted molar refractivity (Wildman–Crippen MR) is 83.8 cm³/mol. The van der Waals surface area contributed by atoms with Gasteiger partial charge in [-0.2, -0.15) is 0 Å². The van der Waals surface area contributed by atoms with E-state index in [1.807, 2.05) is 6.07 Å². The van der Waals surface area contributed by atoms with Crippen LogP contribution in [-0.2, 0) is 17.9 Å². The van der Waals surface area contributed by atoms with Crippen LogP contribution in [0.3, 0.4) is 0 Å². The van der Waals surface area contributed by atoms with Gasteiger partial charge >= 0.3 is 0 Å². The minimum absolute atomic E-state index is 0.588. The molecular weight excluding hydrogens is 248 g/mol. The van der Waals surface area contributed by atoms with Crippen molar-refractivity contribution in [3.8, 4) is 0 Å². The highest BCUT2D eigenvalue weighted by Crippen LogP contribution is 2.18. The van der Waals surface area contributed by atoms with Gasteiger partial charge in [-0.1, -0.05) is 51.2 Å². The topological polar surface area (TPSA) is 27.1 Å². The van der Waals surface area contributed by atoms with Gasteiger partial charge in [0.2, 0.25) is 0 Å². The molecule has 0 atom stereocenters. The van der Waals surface area contributed by atoms with Crippen molar-refractivity contribution >= 4 is 11.0 Å². The quantitative estimate of drug-likeness (QED) is 0.627. The van der Waals surface area contributed by atoms with E-state index in [1.165, 1.54) is 44.0 Å². The lowest BCUT2D eigenvalue weighted by atomic mass is 10.1. The lowest BCUT2D eigenvalue weighted by Crippen LogP contribution is -2.05. The zero-order valence-corrected chi connectivity index (χ0v) is 12.8. The van der Waals surface area contributed by atoms with E-state index in [-0.39, 0.29) is 0 Å². The summed E-state index contributed by atoms with van der Waals surface area (Å²) >= 11 is 0. The van der Waals surface area contributed by atoms with E-state index >= 15 is 0 Å². The molecule has 1 heterocycles. The standard InChI is InChI=1S/C17H26N2O/c1-3-4-5-6-7-10-13-19-16-12-9-8-11-15(16)18-17(19)14-20-2/h8-9,11-12H,3-7,10,13-14H2,1-2H3. The predicted octanol–water partition coefficient (Wildman–Crippen LogP) is 4.54. The number of aromatic nitrogens is 2. The summed E-state index contributed by atoms with van der Waals surface area (Å²) in [6.45, 7) is 3.89. The summed E-state index contributed by atoms with van der Waals surface area (Å²) in [5.41, 5.74) is 2.30. The second-order valence-electron chi connectivity index (χ2n) is 5.37. The second-order valence-corrected chi connectivity index (χ2v) is 5.37. The number of hydrogen-bond donors (Lipinski definition) is 0. The monoisotopic (exact) mass is 274 g/mol. The molecule has 0 aliphatic rings. The zero-order chi connectivity index (χ0) is 14.2. The third-order valence-corrected chi connectivity index (χ3v) is 3.74. The number of hydrogen-bond acceptors (Lipinski definition) is 2. The van der Waals surface area contributed by atoms with Gasteiger partial charge in [0, 0.05) is 13.7 Å². The molecule has 1 aromatic heterocycles. The van der Waals surface area contributed by atoms with Crippen LogP contribution >= 0.6 is 0 Å². The van der Waals surface area contributed by atoms with E-state index in [2.05, 4.69) is 34.7 Å². The SMILES string of the molecule is CCCCCCCCn1c(COC)nc2ccccc21. The Labute approximate surface area is 122 Å². The van der Waals surface area contributed by atoms with Crippen LogP contribution in [0.15, 0.2) is 24.3 Å². The summed E-state index contributed by atoms with van der Waals surface area (Å²) in [4.78, 5) is 4.67. The molecule has 0 N–H and O–H groups in total. The third-order valence-electron chi connectivity index (χ3n) is 3.74. The lowest BCUT2D eigenvalue weighted by Gasteiger charge is -2.08. The van der Waals surface area contributed by atoms with Crippen molar-refractivity contribution in [2.75, 3.05) is 7.11 Å². The molecule has 0 radical (unpaired) electrons. The van der Waals surface area contributed by atoms with E-state index in [0.29, 0.717) is 6.61 Å². The first-order valence-electron chi connectivity index (χ1n) is 7.80. The van der Waals surface area contributed by atoms with Crippen LogP contribution < -0.4 is 0 Å². The highest BCUT2D eigenvalue weighted by Gasteiger charge is 2.09. The third kappa shape index (κ3) is 3.83. The van der Waals surface area contributed by atoms with Gasteiger partial charge in [-0.05, 0) is 18.6 Å². The first-order chi connectivity index (χ1) is 9.86. The van der Waals surface area contributed by atoms with Crippen LogP contribution in [0.4, 0.5) is 0 Å². The molecule has 0 spiro atoms. The summed E-state index contributed by atoms with van der Waals surface area (Å²) in [5, 5.41) is 0. The van der Waals surface area contributed by atoms with Crippen molar-refractivity contribution in [1.29, 1.82) is 0 Å². The summed E-state index contributed by atoms with van der Waals surface area (Å²) in [5.74, 6) is 1.04. The van der Waals surface area contributed by atoms with Gasteiger partial charge in [0.1, 0.15) is 12.4 Å². The molecule has 0 saturated heterocycles. The van der Waals surface area contributed by atoms with Crippen molar-refractivity contribution < 1.29 is 4.74 Å². The second kappa shape index (κ2) is 8.05. The number of para-hydroxylation sites is 2. The van der Waals surface area contributed by atoms with E-state index in [1.54, 1.807) is 7.11 Å². The van der Waals surface area contributed by atoms with Crippen LogP contribution in [0, 0.1) is 0 Å². The van der Waals surface area contributed by atoms with Crippen LogP contribution in [0.25, 0.3) is 11.0 Å². The molecule has 0 aliphatic carbocycles. The molecule has 3 nitrogen and oxygen atoms in total. The Bertz CT molecular complexity index is 519. The fourth-order valence-corrected chi connectivity index (χ4v) is 2.66. The largest absolute Gasteiger partial charge is 0.377 e. The molecule has 0 unspecified atom stereocenters. The lowest BCUT2D eigenvalue weighted by molar-refractivity contribution is 0.174. The zero-order valence-electron chi connectivity index (χ0n) is 12.8. The van der Waals surface area contributed by atoms with Gasteiger partial charge < -0.3 is 9.30 Å². The Kier molecular flexibility index (Phi) is 6.06. The van der Waals surface area contributed by atoms with Crippen molar-refractivity contribution in [2.45, 2.75) is 58.6 Å². The van der Waals surface area contributed by atoms with Crippen LogP contribution in [0.1, 0.15) is 51.3 Å². The van der Waals surface area contributed by atoms with E-state index in [4.69, 9.17) is 4.74 Å². The highest BCUT2D eigenvalue weighted by atomic mass is 16.5. The molecule has 2 rings (SSSR count). The van der Waals surface area contributed by atoms with Crippen molar-refractivity contribution in [3.63, 3.8) is 0 Å². The smallest absolute Gasteiger partial charge is 0.135 e. The van der Waals surface area contributed by atoms with Gasteiger partial charge in [0.15, 0.2) is 0 Å². The van der Waals surface area contributed by atoms with E-state index in [0.717, 1.165) is 17.9 Å². The maximum absolute atomic E-state index is 5.27. The molecule has 20 heavy (non-hydrogen) atoms. The fourth-order valence-electron chi connectivity index (χ4n) is 2.66. The summed E-state index contributed by atoms with van der Waals surface area (Å²) in [6.07, 6.45) is 7.92. The number of nitrogens with zero attached hydrogens (tertiary/aromatic N) is 2. The molecule has 0 amide bonds. The number of fused-ring (bicyclic) bond motifs is 1. The number of rotatable bonds is 9. The molecule has 0 aliphatic heterocycles. The van der Waals surface area contributed by atoms with Crippen LogP contribution in [0.5, 0.6) is 0 Å². The summed E-state index contributed by atoms with van der Waals surface area (Å²) < 4.78 is 7.59. The van der Waals surface area contributed by atoms with Gasteiger partial charge in [-0.15, -0.1) is 0 Å². The Morgan fingerprint density at radius 1 is 1.05 bits per heavy atom. The van der Waals surface area contributed by atoms with Gasteiger partial charge in [0.05, 0.1) is 11.0 Å². The molecule has 3 heteroatoms. The molecule has 2 aromatic rings. The minimum Gasteiger partial charge on any atom is -0.377 e. The van der Waals surface area contributed by atoms with Crippen molar-refractivity contribution in [2.24, 2.45) is 0 Å². The Balaban J connectivity index is 1.98. The highest BCUT2D eigenvalue weighted by molar-refractivity contribution is 5.75. The summed E-state index contributed by atoms with van der Waals surface area (Å²) in [7, 11) is 1.73. The Hall–Kier alpha value is -1.35. The normalized spacial score (nSPS) is 11.3. The Morgan fingerprint density at radius 3 is 2.60 bits per heavy atom. The number of imidazole rings is 1. The average molecular weight is 274 g/mol. The fraction of sp³-hybridized carbons (Fsp3) is 0.588. The van der Waals surface area contributed by atoms with E-state index < -0.39 is 0 Å². The maximum Gasteiger partial charge on any atom is 0.135 e.